The zero-order valence-corrected chi connectivity index (χ0v) is 12.3. The summed E-state index contributed by atoms with van der Waals surface area (Å²) in [6.45, 7) is 0. The molecule has 0 saturated carbocycles. The Morgan fingerprint density at radius 1 is 0.909 bits per heavy atom. The normalized spacial score (nSPS) is 11.0. The number of hydrogen-bond acceptors (Lipinski definition) is 3. The monoisotopic (exact) mass is 306 g/mol. The standard InChI is InChI=1S/C18H11ClN2O/c19-15-9-17-18(21-10-15)16(11-22-17)14-3-1-2-13(8-14)12-4-6-20-7-5-12/h1-11H. The van der Waals surface area contributed by atoms with Gasteiger partial charge in [-0.15, -0.1) is 0 Å². The van der Waals surface area contributed by atoms with Gasteiger partial charge in [0.2, 0.25) is 0 Å². The Kier molecular flexibility index (Phi) is 3.13. The van der Waals surface area contributed by atoms with Crippen LogP contribution >= 0.6 is 11.6 Å². The third kappa shape index (κ3) is 2.26. The molecule has 106 valence electrons. The lowest BCUT2D eigenvalue weighted by molar-refractivity contribution is 0.616. The summed E-state index contributed by atoms with van der Waals surface area (Å²) in [5.41, 5.74) is 5.78. The van der Waals surface area contributed by atoms with Crippen LogP contribution in [0.5, 0.6) is 0 Å². The first-order valence-electron chi connectivity index (χ1n) is 6.85. The summed E-state index contributed by atoms with van der Waals surface area (Å²) in [7, 11) is 0. The van der Waals surface area contributed by atoms with Crippen molar-refractivity contribution in [3.8, 4) is 22.3 Å². The molecule has 0 N–H and O–H groups in total. The molecule has 0 unspecified atom stereocenters. The second-order valence-corrected chi connectivity index (χ2v) is 5.40. The van der Waals surface area contributed by atoms with Gasteiger partial charge >= 0.3 is 0 Å². The molecule has 0 aliphatic rings. The summed E-state index contributed by atoms with van der Waals surface area (Å²) in [6, 6.07) is 14.0. The van der Waals surface area contributed by atoms with Gasteiger partial charge in [0, 0.05) is 30.2 Å². The van der Waals surface area contributed by atoms with Gasteiger partial charge in [0.15, 0.2) is 5.58 Å². The third-order valence-electron chi connectivity index (χ3n) is 3.57. The van der Waals surface area contributed by atoms with Crippen molar-refractivity contribution in [2.45, 2.75) is 0 Å². The van der Waals surface area contributed by atoms with Crippen LogP contribution in [0.2, 0.25) is 5.02 Å². The first-order chi connectivity index (χ1) is 10.8. The van der Waals surface area contributed by atoms with Crippen LogP contribution in [0.25, 0.3) is 33.4 Å². The lowest BCUT2D eigenvalue weighted by Gasteiger charge is -2.04. The second kappa shape index (κ2) is 5.28. The molecule has 0 aliphatic carbocycles. The minimum Gasteiger partial charge on any atom is -0.462 e. The number of pyridine rings is 2. The van der Waals surface area contributed by atoms with E-state index in [1.54, 1.807) is 30.9 Å². The Balaban J connectivity index is 1.85. The summed E-state index contributed by atoms with van der Waals surface area (Å²) in [6.07, 6.45) is 6.94. The number of benzene rings is 1. The summed E-state index contributed by atoms with van der Waals surface area (Å²) >= 11 is 5.95. The van der Waals surface area contributed by atoms with Crippen LogP contribution < -0.4 is 0 Å². The van der Waals surface area contributed by atoms with Crippen LogP contribution in [0.3, 0.4) is 0 Å². The zero-order chi connectivity index (χ0) is 14.9. The fourth-order valence-electron chi connectivity index (χ4n) is 2.51. The number of aromatic nitrogens is 2. The van der Waals surface area contributed by atoms with Crippen molar-refractivity contribution in [3.63, 3.8) is 0 Å². The summed E-state index contributed by atoms with van der Waals surface area (Å²) in [4.78, 5) is 8.44. The highest BCUT2D eigenvalue weighted by atomic mass is 35.5. The van der Waals surface area contributed by atoms with Crippen LogP contribution in [0.15, 0.2) is 71.7 Å². The number of nitrogens with zero attached hydrogens (tertiary/aromatic N) is 2. The molecule has 4 aromatic rings. The minimum absolute atomic E-state index is 0.568. The van der Waals surface area contributed by atoms with Gasteiger partial charge in [0.25, 0.3) is 0 Å². The Hall–Kier alpha value is -2.65. The molecule has 0 saturated heterocycles. The molecule has 1 aromatic carbocycles. The van der Waals surface area contributed by atoms with E-state index in [0.717, 1.165) is 27.8 Å². The molecule has 3 heterocycles. The smallest absolute Gasteiger partial charge is 0.154 e. The van der Waals surface area contributed by atoms with Crippen molar-refractivity contribution >= 4 is 22.7 Å². The maximum absolute atomic E-state index is 5.95. The average Bonchev–Trinajstić information content (AvgIpc) is 2.99. The van der Waals surface area contributed by atoms with Gasteiger partial charge in [-0.2, -0.15) is 0 Å². The highest BCUT2D eigenvalue weighted by molar-refractivity contribution is 6.31. The molecular weight excluding hydrogens is 296 g/mol. The first-order valence-corrected chi connectivity index (χ1v) is 7.23. The number of halogens is 1. The van der Waals surface area contributed by atoms with Crippen LogP contribution in [0, 0.1) is 0 Å². The van der Waals surface area contributed by atoms with Crippen LogP contribution in [0.1, 0.15) is 0 Å². The quantitative estimate of drug-likeness (QED) is 0.510. The van der Waals surface area contributed by atoms with Crippen molar-refractivity contribution in [1.29, 1.82) is 0 Å². The van der Waals surface area contributed by atoms with Crippen molar-refractivity contribution in [2.75, 3.05) is 0 Å². The zero-order valence-electron chi connectivity index (χ0n) is 11.5. The molecule has 0 radical (unpaired) electrons. The molecule has 3 aromatic heterocycles. The van der Waals surface area contributed by atoms with Gasteiger partial charge < -0.3 is 4.42 Å². The number of rotatable bonds is 2. The summed E-state index contributed by atoms with van der Waals surface area (Å²) in [5, 5.41) is 0.568. The molecule has 0 amide bonds. The average molecular weight is 307 g/mol. The van der Waals surface area contributed by atoms with Crippen LogP contribution in [0.4, 0.5) is 0 Å². The topological polar surface area (TPSA) is 38.9 Å². The number of furan rings is 1. The highest BCUT2D eigenvalue weighted by Gasteiger charge is 2.10. The predicted octanol–water partition coefficient (Wildman–Crippen LogP) is 5.21. The van der Waals surface area contributed by atoms with E-state index in [-0.39, 0.29) is 0 Å². The Morgan fingerprint density at radius 2 is 1.73 bits per heavy atom. The van der Waals surface area contributed by atoms with Crippen molar-refractivity contribution < 1.29 is 4.42 Å². The maximum atomic E-state index is 5.95. The largest absolute Gasteiger partial charge is 0.462 e. The van der Waals surface area contributed by atoms with E-state index in [9.17, 15) is 0 Å². The Bertz CT molecular complexity index is 948. The molecule has 0 aliphatic heterocycles. The van der Waals surface area contributed by atoms with Crippen molar-refractivity contribution in [3.05, 3.63) is 72.3 Å². The molecule has 3 nitrogen and oxygen atoms in total. The molecule has 0 fully saturated rings. The van der Waals surface area contributed by atoms with E-state index in [2.05, 4.69) is 22.1 Å². The molecule has 0 bridgehead atoms. The molecule has 4 rings (SSSR count). The second-order valence-electron chi connectivity index (χ2n) is 4.97. The summed E-state index contributed by atoms with van der Waals surface area (Å²) < 4.78 is 5.57. The van der Waals surface area contributed by atoms with E-state index in [1.807, 2.05) is 24.3 Å². The van der Waals surface area contributed by atoms with E-state index in [0.29, 0.717) is 10.6 Å². The maximum Gasteiger partial charge on any atom is 0.154 e. The fourth-order valence-corrected chi connectivity index (χ4v) is 2.65. The Labute approximate surface area is 132 Å². The lowest BCUT2D eigenvalue weighted by Crippen LogP contribution is -1.82. The van der Waals surface area contributed by atoms with Gasteiger partial charge in [0.05, 0.1) is 5.02 Å². The molecular formula is C18H11ClN2O. The Morgan fingerprint density at radius 3 is 2.59 bits per heavy atom. The molecule has 0 spiro atoms. The third-order valence-corrected chi connectivity index (χ3v) is 3.77. The van der Waals surface area contributed by atoms with E-state index < -0.39 is 0 Å². The van der Waals surface area contributed by atoms with E-state index in [4.69, 9.17) is 16.0 Å². The number of hydrogen-bond donors (Lipinski definition) is 0. The highest BCUT2D eigenvalue weighted by Crippen LogP contribution is 2.32. The predicted molar refractivity (Wildman–Crippen MR) is 87.7 cm³/mol. The van der Waals surface area contributed by atoms with E-state index in [1.165, 1.54) is 0 Å². The van der Waals surface area contributed by atoms with Gasteiger partial charge in [-0.3, -0.25) is 9.97 Å². The lowest BCUT2D eigenvalue weighted by atomic mass is 10.0. The number of fused-ring (bicyclic) bond motifs is 1. The van der Waals surface area contributed by atoms with Gasteiger partial charge in [0.1, 0.15) is 11.8 Å². The SMILES string of the molecule is Clc1cnc2c(-c3cccc(-c4ccncc4)c3)coc2c1. The van der Waals surface area contributed by atoms with Crippen LogP contribution in [-0.2, 0) is 0 Å². The summed E-state index contributed by atoms with van der Waals surface area (Å²) in [5.74, 6) is 0. The molecule has 22 heavy (non-hydrogen) atoms. The molecule has 0 atom stereocenters. The first kappa shape index (κ1) is 13.0. The fraction of sp³-hybridized carbons (Fsp3) is 0. The van der Waals surface area contributed by atoms with Crippen molar-refractivity contribution in [1.82, 2.24) is 9.97 Å². The molecule has 4 heteroatoms. The van der Waals surface area contributed by atoms with E-state index >= 15 is 0 Å². The van der Waals surface area contributed by atoms with Crippen LogP contribution in [-0.4, -0.2) is 9.97 Å². The van der Waals surface area contributed by atoms with Gasteiger partial charge in [-0.25, -0.2) is 0 Å². The van der Waals surface area contributed by atoms with Gasteiger partial charge in [-0.05, 0) is 34.9 Å². The van der Waals surface area contributed by atoms with Crippen molar-refractivity contribution in [2.24, 2.45) is 0 Å². The van der Waals surface area contributed by atoms with Gasteiger partial charge in [-0.1, -0.05) is 29.8 Å². The minimum atomic E-state index is 0.568.